The van der Waals surface area contributed by atoms with Crippen LogP contribution in [0.5, 0.6) is 0 Å². The van der Waals surface area contributed by atoms with Crippen LogP contribution in [0.2, 0.25) is 0 Å². The molecule has 0 bridgehead atoms. The predicted molar refractivity (Wildman–Crippen MR) is 85.9 cm³/mol. The van der Waals surface area contributed by atoms with Gasteiger partial charge in [0.25, 0.3) is 0 Å². The molecule has 3 rings (SSSR count). The number of aryl methyl sites for hydroxylation is 1. The average molecular weight is 323 g/mol. The van der Waals surface area contributed by atoms with Gasteiger partial charge in [-0.1, -0.05) is 0 Å². The maximum absolute atomic E-state index is 12.1. The van der Waals surface area contributed by atoms with Crippen molar-refractivity contribution in [2.45, 2.75) is 25.7 Å². The summed E-state index contributed by atoms with van der Waals surface area (Å²) in [7, 11) is -1.33. The Morgan fingerprint density at radius 1 is 1.41 bits per heavy atom. The van der Waals surface area contributed by atoms with Gasteiger partial charge in [-0.25, -0.2) is 22.4 Å². The Balaban J connectivity index is 1.92. The van der Waals surface area contributed by atoms with Gasteiger partial charge in [-0.3, -0.25) is 0 Å². The van der Waals surface area contributed by atoms with Gasteiger partial charge in [0.15, 0.2) is 11.5 Å². The number of nitrogen functional groups attached to an aromatic ring is 1. The summed E-state index contributed by atoms with van der Waals surface area (Å²) in [6, 6.07) is 3.86. The Morgan fingerprint density at radius 2 is 2.18 bits per heavy atom. The molecule has 3 heterocycles. The first kappa shape index (κ1) is 15.2. The van der Waals surface area contributed by atoms with Crippen molar-refractivity contribution in [1.82, 2.24) is 19.1 Å². The van der Waals surface area contributed by atoms with Crippen LogP contribution in [0.15, 0.2) is 12.1 Å². The van der Waals surface area contributed by atoms with Gasteiger partial charge < -0.3 is 5.73 Å². The fraction of sp³-hybridized carbons (Fsp3) is 0.571. The van der Waals surface area contributed by atoms with E-state index in [9.17, 15) is 8.42 Å². The minimum absolute atomic E-state index is 0.121. The number of pyridine rings is 1. The third-order valence-electron chi connectivity index (χ3n) is 4.30. The number of anilines is 1. The van der Waals surface area contributed by atoms with Gasteiger partial charge in [-0.05, 0) is 31.9 Å². The smallest absolute Gasteiger partial charge is 0.213 e. The Labute approximate surface area is 130 Å². The van der Waals surface area contributed by atoms with Crippen molar-refractivity contribution in [1.29, 1.82) is 0 Å². The molecule has 7 nitrogen and oxygen atoms in total. The van der Waals surface area contributed by atoms with E-state index in [1.807, 2.05) is 19.2 Å². The lowest BCUT2D eigenvalue weighted by Crippen LogP contribution is -2.40. The second kappa shape index (κ2) is 5.51. The van der Waals surface area contributed by atoms with Gasteiger partial charge in [0.2, 0.25) is 10.0 Å². The molecule has 1 fully saturated rings. The molecule has 0 aliphatic carbocycles. The number of fused-ring (bicyclic) bond motifs is 1. The molecule has 120 valence electrons. The summed E-state index contributed by atoms with van der Waals surface area (Å²) < 4.78 is 27.4. The molecule has 2 N–H and O–H groups in total. The van der Waals surface area contributed by atoms with Gasteiger partial charge in [-0.15, -0.1) is 0 Å². The zero-order chi connectivity index (χ0) is 15.9. The van der Waals surface area contributed by atoms with Gasteiger partial charge in [0, 0.05) is 31.7 Å². The molecule has 0 unspecified atom stereocenters. The topological polar surface area (TPSA) is 94.1 Å². The van der Waals surface area contributed by atoms with E-state index in [1.54, 1.807) is 15.9 Å². The number of aromatic nitrogens is 3. The van der Waals surface area contributed by atoms with Crippen LogP contribution in [0.25, 0.3) is 11.0 Å². The van der Waals surface area contributed by atoms with Crippen molar-refractivity contribution in [2.75, 3.05) is 24.6 Å². The maximum Gasteiger partial charge on any atom is 0.213 e. The highest BCUT2D eigenvalue weighted by molar-refractivity contribution is 7.89. The number of hydrogen-bond acceptors (Lipinski definition) is 5. The Morgan fingerprint density at radius 3 is 2.91 bits per heavy atom. The summed E-state index contributed by atoms with van der Waals surface area (Å²) in [5.41, 5.74) is 7.49. The van der Waals surface area contributed by atoms with E-state index < -0.39 is 10.0 Å². The summed E-state index contributed by atoms with van der Waals surface area (Å²) in [5.74, 6) is 0.732. The van der Waals surface area contributed by atoms with Crippen molar-refractivity contribution >= 4 is 26.9 Å². The normalized spacial score (nSPS) is 20.5. The SMILES string of the molecule is CCS(=O)(=O)N1CCC[C@@H](c2ccc3c(N)nn(C)c3n2)C1. The van der Waals surface area contributed by atoms with Gasteiger partial charge >= 0.3 is 0 Å². The molecule has 8 heteroatoms. The third kappa shape index (κ3) is 2.56. The number of nitrogens with two attached hydrogens (primary N) is 1. The molecule has 0 aromatic carbocycles. The monoisotopic (exact) mass is 323 g/mol. The Hall–Kier alpha value is -1.67. The molecular weight excluding hydrogens is 302 g/mol. The maximum atomic E-state index is 12.1. The fourth-order valence-electron chi connectivity index (χ4n) is 3.02. The van der Waals surface area contributed by atoms with Crippen molar-refractivity contribution in [3.63, 3.8) is 0 Å². The molecule has 0 spiro atoms. The molecule has 1 atom stereocenters. The molecule has 0 radical (unpaired) electrons. The molecular formula is C14H21N5O2S. The minimum Gasteiger partial charge on any atom is -0.382 e. The van der Waals surface area contributed by atoms with Gasteiger partial charge in [-0.2, -0.15) is 5.10 Å². The van der Waals surface area contributed by atoms with E-state index in [1.165, 1.54) is 0 Å². The third-order valence-corrected chi connectivity index (χ3v) is 6.15. The highest BCUT2D eigenvalue weighted by atomic mass is 32.2. The van der Waals surface area contributed by atoms with Crippen LogP contribution >= 0.6 is 0 Å². The molecule has 1 saturated heterocycles. The summed E-state index contributed by atoms with van der Waals surface area (Å²) >= 11 is 0. The van der Waals surface area contributed by atoms with Crippen molar-refractivity contribution in [3.8, 4) is 0 Å². The lowest BCUT2D eigenvalue weighted by atomic mass is 9.95. The van der Waals surface area contributed by atoms with Crippen LogP contribution in [0, 0.1) is 0 Å². The molecule has 0 saturated carbocycles. The minimum atomic E-state index is -3.14. The number of sulfonamides is 1. The second-order valence-electron chi connectivity index (χ2n) is 5.71. The highest BCUT2D eigenvalue weighted by Crippen LogP contribution is 2.29. The zero-order valence-electron chi connectivity index (χ0n) is 12.9. The molecule has 1 aliphatic heterocycles. The number of piperidine rings is 1. The van der Waals surface area contributed by atoms with Crippen LogP contribution in [0.4, 0.5) is 5.82 Å². The van der Waals surface area contributed by atoms with E-state index in [0.29, 0.717) is 18.9 Å². The van der Waals surface area contributed by atoms with Crippen LogP contribution in [-0.2, 0) is 17.1 Å². The quantitative estimate of drug-likeness (QED) is 0.912. The van der Waals surface area contributed by atoms with Gasteiger partial charge in [0.05, 0.1) is 11.1 Å². The van der Waals surface area contributed by atoms with E-state index >= 15 is 0 Å². The molecule has 2 aromatic rings. The molecule has 1 aliphatic rings. The summed E-state index contributed by atoms with van der Waals surface area (Å²) in [4.78, 5) is 4.66. The molecule has 0 amide bonds. The van der Waals surface area contributed by atoms with Crippen LogP contribution in [-0.4, -0.2) is 46.3 Å². The van der Waals surface area contributed by atoms with E-state index in [-0.39, 0.29) is 11.7 Å². The lowest BCUT2D eigenvalue weighted by molar-refractivity contribution is 0.313. The number of nitrogens with zero attached hydrogens (tertiary/aromatic N) is 4. The van der Waals surface area contributed by atoms with Gasteiger partial charge in [0.1, 0.15) is 0 Å². The number of hydrogen-bond donors (Lipinski definition) is 1. The predicted octanol–water partition coefficient (Wildman–Crippen LogP) is 1.08. The first-order valence-corrected chi connectivity index (χ1v) is 9.10. The first-order chi connectivity index (χ1) is 10.4. The molecule has 2 aromatic heterocycles. The largest absolute Gasteiger partial charge is 0.382 e. The second-order valence-corrected chi connectivity index (χ2v) is 7.97. The lowest BCUT2D eigenvalue weighted by Gasteiger charge is -2.31. The number of rotatable bonds is 3. The summed E-state index contributed by atoms with van der Waals surface area (Å²) in [5, 5.41) is 5.00. The zero-order valence-corrected chi connectivity index (χ0v) is 13.7. The van der Waals surface area contributed by atoms with Crippen molar-refractivity contribution in [2.24, 2.45) is 7.05 Å². The summed E-state index contributed by atoms with van der Waals surface area (Å²) in [6.45, 7) is 2.79. The molecule has 22 heavy (non-hydrogen) atoms. The average Bonchev–Trinajstić information content (AvgIpc) is 2.82. The van der Waals surface area contributed by atoms with Crippen LogP contribution < -0.4 is 5.73 Å². The van der Waals surface area contributed by atoms with Crippen LogP contribution in [0.3, 0.4) is 0 Å². The van der Waals surface area contributed by atoms with Crippen molar-refractivity contribution < 1.29 is 8.42 Å². The first-order valence-electron chi connectivity index (χ1n) is 7.49. The summed E-state index contributed by atoms with van der Waals surface area (Å²) in [6.07, 6.45) is 1.80. The Bertz CT molecular complexity index is 799. The standard InChI is InChI=1S/C14H21N5O2S/c1-3-22(20,21)19-8-4-5-10(9-19)12-7-6-11-13(15)17-18(2)14(11)16-12/h6-7,10H,3-5,8-9H2,1-2H3,(H2,15,17)/t10-/m1/s1. The van der Waals surface area contributed by atoms with E-state index in [4.69, 9.17) is 5.73 Å². The van der Waals surface area contributed by atoms with Crippen LogP contribution in [0.1, 0.15) is 31.4 Å². The van der Waals surface area contributed by atoms with E-state index in [0.717, 1.165) is 29.6 Å². The highest BCUT2D eigenvalue weighted by Gasteiger charge is 2.29. The van der Waals surface area contributed by atoms with Crippen molar-refractivity contribution in [3.05, 3.63) is 17.8 Å². The Kier molecular flexibility index (Phi) is 3.82. The fourth-order valence-corrected chi connectivity index (χ4v) is 4.20. The van der Waals surface area contributed by atoms with E-state index in [2.05, 4.69) is 10.1 Å².